The van der Waals surface area contributed by atoms with E-state index in [0.717, 1.165) is 6.26 Å². The second-order valence-corrected chi connectivity index (χ2v) is 7.46. The van der Waals surface area contributed by atoms with Crippen LogP contribution in [0.15, 0.2) is 51.8 Å². The van der Waals surface area contributed by atoms with E-state index in [1.165, 1.54) is 24.3 Å². The fourth-order valence-corrected chi connectivity index (χ4v) is 2.87. The topological polar surface area (TPSA) is 89.3 Å². The summed E-state index contributed by atoms with van der Waals surface area (Å²) in [5.41, 5.74) is 7.07. The summed E-state index contributed by atoms with van der Waals surface area (Å²) in [7, 11) is -3.25. The summed E-state index contributed by atoms with van der Waals surface area (Å²) in [6.45, 7) is 0. The van der Waals surface area contributed by atoms with Crippen molar-refractivity contribution in [1.82, 2.24) is 0 Å². The monoisotopic (exact) mass is 368 g/mol. The zero-order chi connectivity index (χ0) is 15.6. The Bertz CT molecular complexity index is 766. The number of carbonyl (C=O) groups is 1. The predicted molar refractivity (Wildman–Crippen MR) is 86.1 cm³/mol. The van der Waals surface area contributed by atoms with Crippen molar-refractivity contribution < 1.29 is 13.2 Å². The van der Waals surface area contributed by atoms with E-state index in [4.69, 9.17) is 5.73 Å². The minimum atomic E-state index is -3.25. The molecule has 0 heterocycles. The molecule has 0 saturated carbocycles. The molecule has 1 amide bonds. The maximum absolute atomic E-state index is 12.1. The van der Waals surface area contributed by atoms with Crippen molar-refractivity contribution in [2.24, 2.45) is 0 Å². The van der Waals surface area contributed by atoms with Crippen LogP contribution in [0, 0.1) is 0 Å². The quantitative estimate of drug-likeness (QED) is 0.815. The van der Waals surface area contributed by atoms with Crippen molar-refractivity contribution in [3.63, 3.8) is 0 Å². The Morgan fingerprint density at radius 2 is 1.76 bits per heavy atom. The molecular weight excluding hydrogens is 356 g/mol. The van der Waals surface area contributed by atoms with Crippen LogP contribution in [0.1, 0.15) is 10.4 Å². The molecule has 0 aliphatic carbocycles. The van der Waals surface area contributed by atoms with Gasteiger partial charge in [0, 0.05) is 27.7 Å². The molecule has 0 aliphatic heterocycles. The number of sulfone groups is 1. The van der Waals surface area contributed by atoms with Gasteiger partial charge < -0.3 is 11.1 Å². The van der Waals surface area contributed by atoms with Gasteiger partial charge in [-0.1, -0.05) is 15.9 Å². The Labute approximate surface area is 131 Å². The van der Waals surface area contributed by atoms with E-state index in [-0.39, 0.29) is 10.8 Å². The second kappa shape index (κ2) is 5.87. The van der Waals surface area contributed by atoms with Gasteiger partial charge in [0.15, 0.2) is 9.84 Å². The van der Waals surface area contributed by atoms with Crippen molar-refractivity contribution >= 4 is 43.0 Å². The van der Waals surface area contributed by atoms with Crippen LogP contribution in [0.3, 0.4) is 0 Å². The number of halogens is 1. The molecule has 0 fully saturated rings. The summed E-state index contributed by atoms with van der Waals surface area (Å²) in [5, 5.41) is 2.68. The van der Waals surface area contributed by atoms with Crippen LogP contribution in [0.5, 0.6) is 0 Å². The minimum Gasteiger partial charge on any atom is -0.399 e. The third-order valence-electron chi connectivity index (χ3n) is 2.72. The highest BCUT2D eigenvalue weighted by Crippen LogP contribution is 2.19. The molecule has 0 aliphatic rings. The SMILES string of the molecule is CS(=O)(=O)c1ccc(NC(=O)c2cc(N)cc(Br)c2)cc1. The summed E-state index contributed by atoms with van der Waals surface area (Å²) in [4.78, 5) is 12.3. The maximum atomic E-state index is 12.1. The lowest BCUT2D eigenvalue weighted by molar-refractivity contribution is 0.102. The van der Waals surface area contributed by atoms with Gasteiger partial charge in [0.1, 0.15) is 0 Å². The number of nitrogen functional groups attached to an aromatic ring is 1. The minimum absolute atomic E-state index is 0.201. The van der Waals surface area contributed by atoms with Crippen LogP contribution in [0.2, 0.25) is 0 Å². The molecule has 0 radical (unpaired) electrons. The van der Waals surface area contributed by atoms with Crippen molar-refractivity contribution in [2.75, 3.05) is 17.3 Å². The summed E-state index contributed by atoms with van der Waals surface area (Å²) < 4.78 is 23.4. The molecule has 0 unspecified atom stereocenters. The summed E-state index contributed by atoms with van der Waals surface area (Å²) in [6.07, 6.45) is 1.13. The molecule has 0 spiro atoms. The molecule has 7 heteroatoms. The highest BCUT2D eigenvalue weighted by Gasteiger charge is 2.10. The molecule has 0 saturated heterocycles. The van der Waals surface area contributed by atoms with Crippen LogP contribution >= 0.6 is 15.9 Å². The standard InChI is InChI=1S/C14H13BrN2O3S/c1-21(19,20)13-4-2-12(3-5-13)17-14(18)9-6-10(15)8-11(16)7-9/h2-8H,16H2,1H3,(H,17,18). The molecular formula is C14H13BrN2O3S. The predicted octanol–water partition coefficient (Wildman–Crippen LogP) is 2.69. The van der Waals surface area contributed by atoms with E-state index >= 15 is 0 Å². The van der Waals surface area contributed by atoms with Gasteiger partial charge in [-0.15, -0.1) is 0 Å². The molecule has 5 nitrogen and oxygen atoms in total. The maximum Gasteiger partial charge on any atom is 0.255 e. The van der Waals surface area contributed by atoms with Crippen molar-refractivity contribution in [3.05, 3.63) is 52.5 Å². The Morgan fingerprint density at radius 3 is 2.29 bits per heavy atom. The van der Waals surface area contributed by atoms with Gasteiger partial charge >= 0.3 is 0 Å². The van der Waals surface area contributed by atoms with Gasteiger partial charge in [-0.2, -0.15) is 0 Å². The number of rotatable bonds is 3. The second-order valence-electron chi connectivity index (χ2n) is 4.52. The number of nitrogens with one attached hydrogen (secondary N) is 1. The molecule has 0 bridgehead atoms. The Kier molecular flexibility index (Phi) is 4.34. The van der Waals surface area contributed by atoms with Crippen LogP contribution < -0.4 is 11.1 Å². The number of hydrogen-bond donors (Lipinski definition) is 2. The average molecular weight is 369 g/mol. The Balaban J connectivity index is 2.20. The fourth-order valence-electron chi connectivity index (χ4n) is 1.73. The molecule has 0 atom stereocenters. The number of nitrogens with two attached hydrogens (primary N) is 1. The average Bonchev–Trinajstić information content (AvgIpc) is 2.37. The summed E-state index contributed by atoms with van der Waals surface area (Å²) in [6, 6.07) is 10.9. The largest absolute Gasteiger partial charge is 0.399 e. The highest BCUT2D eigenvalue weighted by molar-refractivity contribution is 9.10. The molecule has 2 aromatic carbocycles. The number of amides is 1. The lowest BCUT2D eigenvalue weighted by Crippen LogP contribution is -2.12. The number of hydrogen-bond acceptors (Lipinski definition) is 4. The highest BCUT2D eigenvalue weighted by atomic mass is 79.9. The molecule has 3 N–H and O–H groups in total. The van der Waals surface area contributed by atoms with Crippen LogP contribution in [-0.2, 0) is 9.84 Å². The van der Waals surface area contributed by atoms with Gasteiger partial charge in [0.25, 0.3) is 5.91 Å². The Morgan fingerprint density at radius 1 is 1.14 bits per heavy atom. The van der Waals surface area contributed by atoms with Crippen molar-refractivity contribution in [2.45, 2.75) is 4.90 Å². The first-order valence-electron chi connectivity index (χ1n) is 5.93. The van der Waals surface area contributed by atoms with Crippen LogP contribution in [0.25, 0.3) is 0 Å². The third kappa shape index (κ3) is 4.05. The van der Waals surface area contributed by atoms with E-state index in [1.807, 2.05) is 0 Å². The lowest BCUT2D eigenvalue weighted by Gasteiger charge is -2.07. The molecule has 21 heavy (non-hydrogen) atoms. The van der Waals surface area contributed by atoms with Crippen LogP contribution in [-0.4, -0.2) is 20.6 Å². The van der Waals surface area contributed by atoms with E-state index in [2.05, 4.69) is 21.2 Å². The molecule has 0 aromatic heterocycles. The first kappa shape index (κ1) is 15.5. The third-order valence-corrected chi connectivity index (χ3v) is 4.31. The molecule has 2 aromatic rings. The van der Waals surface area contributed by atoms with E-state index < -0.39 is 9.84 Å². The zero-order valence-electron chi connectivity index (χ0n) is 11.1. The van der Waals surface area contributed by atoms with Gasteiger partial charge in [-0.05, 0) is 42.5 Å². The smallest absolute Gasteiger partial charge is 0.255 e. The van der Waals surface area contributed by atoms with E-state index in [1.54, 1.807) is 18.2 Å². The van der Waals surface area contributed by atoms with Gasteiger partial charge in [0.2, 0.25) is 0 Å². The zero-order valence-corrected chi connectivity index (χ0v) is 13.5. The molecule has 110 valence electrons. The number of carbonyl (C=O) groups excluding carboxylic acids is 1. The van der Waals surface area contributed by atoms with E-state index in [9.17, 15) is 13.2 Å². The first-order valence-corrected chi connectivity index (χ1v) is 8.62. The first-order chi connectivity index (χ1) is 9.75. The summed E-state index contributed by atoms with van der Waals surface area (Å²) >= 11 is 3.27. The van der Waals surface area contributed by atoms with Crippen molar-refractivity contribution in [3.8, 4) is 0 Å². The lowest BCUT2D eigenvalue weighted by atomic mass is 10.2. The summed E-state index contributed by atoms with van der Waals surface area (Å²) in [5.74, 6) is -0.324. The number of anilines is 2. The van der Waals surface area contributed by atoms with Gasteiger partial charge in [-0.25, -0.2) is 8.42 Å². The van der Waals surface area contributed by atoms with Gasteiger partial charge in [-0.3, -0.25) is 4.79 Å². The van der Waals surface area contributed by atoms with Crippen LogP contribution in [0.4, 0.5) is 11.4 Å². The van der Waals surface area contributed by atoms with Gasteiger partial charge in [0.05, 0.1) is 4.90 Å². The van der Waals surface area contributed by atoms with Crippen molar-refractivity contribution in [1.29, 1.82) is 0 Å². The fraction of sp³-hybridized carbons (Fsp3) is 0.0714. The molecule has 2 rings (SSSR count). The normalized spacial score (nSPS) is 11.1. The Hall–Kier alpha value is -1.86. The van der Waals surface area contributed by atoms with E-state index in [0.29, 0.717) is 21.4 Å². The number of benzene rings is 2.